The lowest BCUT2D eigenvalue weighted by Crippen LogP contribution is -2.40. The molecule has 0 saturated carbocycles. The second-order valence-electron chi connectivity index (χ2n) is 4.51. The zero-order chi connectivity index (χ0) is 14.8. The molecular weight excluding hydrogens is 339 g/mol. The maximum atomic E-state index is 12.5. The van der Waals surface area contributed by atoms with Gasteiger partial charge in [0.25, 0.3) is 5.91 Å². The molecule has 2 rings (SSSR count). The van der Waals surface area contributed by atoms with E-state index in [1.807, 2.05) is 0 Å². The van der Waals surface area contributed by atoms with Crippen molar-refractivity contribution >= 4 is 21.8 Å². The second-order valence-corrected chi connectivity index (χ2v) is 5.30. The molecule has 0 saturated heterocycles. The minimum atomic E-state index is -4.41. The maximum Gasteiger partial charge on any atom is 0.406 e. The molecule has 0 aliphatic carbocycles. The van der Waals surface area contributed by atoms with Crippen molar-refractivity contribution in [3.8, 4) is 0 Å². The third-order valence-electron chi connectivity index (χ3n) is 2.98. The number of ether oxygens (including phenoxy) is 1. The van der Waals surface area contributed by atoms with Gasteiger partial charge in [0, 0.05) is 17.4 Å². The Morgan fingerprint density at radius 3 is 2.65 bits per heavy atom. The summed E-state index contributed by atoms with van der Waals surface area (Å²) in [5.41, 5.74) is 2.10. The van der Waals surface area contributed by atoms with Gasteiger partial charge in [0.15, 0.2) is 0 Å². The largest absolute Gasteiger partial charge is 0.406 e. The lowest BCUT2D eigenvalue weighted by atomic mass is 10.1. The summed E-state index contributed by atoms with van der Waals surface area (Å²) in [6.07, 6.45) is -4.41. The summed E-state index contributed by atoms with van der Waals surface area (Å²) in [7, 11) is 0. The van der Waals surface area contributed by atoms with Crippen LogP contribution in [0, 0.1) is 0 Å². The highest BCUT2D eigenvalue weighted by atomic mass is 79.9. The molecule has 0 fully saturated rings. The molecule has 0 aromatic heterocycles. The molecule has 0 N–H and O–H groups in total. The van der Waals surface area contributed by atoms with Crippen molar-refractivity contribution in [2.24, 2.45) is 0 Å². The number of nitrogens with zero attached hydrogens (tertiary/aromatic N) is 1. The summed E-state index contributed by atoms with van der Waals surface area (Å²) in [6.45, 7) is -0.359. The summed E-state index contributed by atoms with van der Waals surface area (Å²) >= 11 is 3.07. The number of hydrogen-bond acceptors (Lipinski definition) is 2. The topological polar surface area (TPSA) is 29.5 Å². The van der Waals surface area contributed by atoms with Crippen LogP contribution in [-0.4, -0.2) is 35.4 Å². The molecule has 110 valence electrons. The van der Waals surface area contributed by atoms with Gasteiger partial charge in [0.05, 0.1) is 13.2 Å². The molecule has 0 bridgehead atoms. The predicted octanol–water partition coefficient (Wildman–Crippen LogP) is 3.12. The summed E-state index contributed by atoms with van der Waals surface area (Å²) < 4.78 is 42.7. The molecule has 1 aliphatic heterocycles. The Morgan fingerprint density at radius 2 is 2.00 bits per heavy atom. The number of carbonyl (C=O) groups excluding carboxylic acids is 1. The molecule has 7 heteroatoms. The minimum Gasteiger partial charge on any atom is -0.372 e. The number of hydrogen-bond donors (Lipinski definition) is 0. The van der Waals surface area contributed by atoms with Crippen molar-refractivity contribution in [3.63, 3.8) is 0 Å². The van der Waals surface area contributed by atoms with E-state index < -0.39 is 18.6 Å². The fraction of sp³-hybridized carbons (Fsp3) is 0.462. The van der Waals surface area contributed by atoms with E-state index in [1.54, 1.807) is 18.2 Å². The second kappa shape index (κ2) is 6.13. The standard InChI is InChI=1S/C13H13BrF3NO2/c14-3-4-18(8-13(15,16)17)12(19)9-1-2-10-6-20-7-11(10)5-9/h1-2,5H,3-4,6-8H2. The fourth-order valence-electron chi connectivity index (χ4n) is 2.06. The van der Waals surface area contributed by atoms with Gasteiger partial charge in [0.1, 0.15) is 6.54 Å². The average molecular weight is 352 g/mol. The van der Waals surface area contributed by atoms with Crippen LogP contribution in [-0.2, 0) is 18.0 Å². The van der Waals surface area contributed by atoms with Gasteiger partial charge in [-0.3, -0.25) is 4.79 Å². The Labute approximate surface area is 122 Å². The first-order chi connectivity index (χ1) is 9.40. The van der Waals surface area contributed by atoms with Crippen molar-refractivity contribution in [1.82, 2.24) is 4.90 Å². The summed E-state index contributed by atoms with van der Waals surface area (Å²) in [4.78, 5) is 13.0. The lowest BCUT2D eigenvalue weighted by molar-refractivity contribution is -0.140. The number of carbonyl (C=O) groups is 1. The van der Waals surface area contributed by atoms with E-state index in [2.05, 4.69) is 15.9 Å². The molecule has 1 aliphatic rings. The number of alkyl halides is 4. The number of amides is 1. The number of benzene rings is 1. The van der Waals surface area contributed by atoms with Crippen LogP contribution in [0.4, 0.5) is 13.2 Å². The first kappa shape index (κ1) is 15.3. The van der Waals surface area contributed by atoms with Crippen LogP contribution in [0.1, 0.15) is 21.5 Å². The van der Waals surface area contributed by atoms with Crippen LogP contribution in [0.3, 0.4) is 0 Å². The predicted molar refractivity (Wildman–Crippen MR) is 70.7 cm³/mol. The van der Waals surface area contributed by atoms with E-state index in [0.717, 1.165) is 16.0 Å². The summed E-state index contributed by atoms with van der Waals surface area (Å²) in [6, 6.07) is 4.89. The molecule has 1 heterocycles. The summed E-state index contributed by atoms with van der Waals surface area (Å²) in [5, 5.41) is 0.295. The van der Waals surface area contributed by atoms with Crippen molar-refractivity contribution in [2.45, 2.75) is 19.4 Å². The highest BCUT2D eigenvalue weighted by Gasteiger charge is 2.33. The van der Waals surface area contributed by atoms with Crippen molar-refractivity contribution in [3.05, 3.63) is 34.9 Å². The van der Waals surface area contributed by atoms with Crippen molar-refractivity contribution < 1.29 is 22.7 Å². The maximum absolute atomic E-state index is 12.5. The molecule has 1 amide bonds. The number of halogens is 4. The molecular formula is C13H13BrF3NO2. The van der Waals surface area contributed by atoms with Gasteiger partial charge < -0.3 is 9.64 Å². The molecule has 1 aromatic rings. The number of rotatable bonds is 4. The molecule has 20 heavy (non-hydrogen) atoms. The Morgan fingerprint density at radius 1 is 1.30 bits per heavy atom. The fourth-order valence-corrected chi connectivity index (χ4v) is 2.49. The van der Waals surface area contributed by atoms with Crippen LogP contribution in [0.15, 0.2) is 18.2 Å². The SMILES string of the molecule is O=C(c1ccc2c(c1)COC2)N(CCBr)CC(F)(F)F. The average Bonchev–Trinajstić information content (AvgIpc) is 2.83. The quantitative estimate of drug-likeness (QED) is 0.780. The Hall–Kier alpha value is -1.08. The first-order valence-corrected chi connectivity index (χ1v) is 7.14. The van der Waals surface area contributed by atoms with Crippen LogP contribution in [0.5, 0.6) is 0 Å². The third-order valence-corrected chi connectivity index (χ3v) is 3.33. The Kier molecular flexibility index (Phi) is 4.70. The van der Waals surface area contributed by atoms with Gasteiger partial charge in [0.2, 0.25) is 0 Å². The van der Waals surface area contributed by atoms with Gasteiger partial charge in [-0.2, -0.15) is 13.2 Å². The van der Waals surface area contributed by atoms with Crippen LogP contribution in [0.2, 0.25) is 0 Å². The zero-order valence-electron chi connectivity index (χ0n) is 10.5. The Balaban J connectivity index is 2.18. The van der Waals surface area contributed by atoms with E-state index in [1.165, 1.54) is 0 Å². The smallest absolute Gasteiger partial charge is 0.372 e. The molecule has 1 aromatic carbocycles. The van der Waals surface area contributed by atoms with E-state index in [9.17, 15) is 18.0 Å². The molecule has 0 spiro atoms. The highest BCUT2D eigenvalue weighted by molar-refractivity contribution is 9.09. The Bertz CT molecular complexity index is 505. The summed E-state index contributed by atoms with van der Waals surface area (Å²) in [5.74, 6) is -0.614. The molecule has 0 unspecified atom stereocenters. The van der Waals surface area contributed by atoms with E-state index in [0.29, 0.717) is 18.5 Å². The zero-order valence-corrected chi connectivity index (χ0v) is 12.1. The number of fused-ring (bicyclic) bond motifs is 1. The lowest BCUT2D eigenvalue weighted by Gasteiger charge is -2.23. The van der Waals surface area contributed by atoms with E-state index >= 15 is 0 Å². The normalized spacial score (nSPS) is 14.2. The first-order valence-electron chi connectivity index (χ1n) is 6.02. The van der Waals surface area contributed by atoms with Gasteiger partial charge >= 0.3 is 6.18 Å². The van der Waals surface area contributed by atoms with Gasteiger partial charge in [-0.1, -0.05) is 22.0 Å². The van der Waals surface area contributed by atoms with E-state index in [4.69, 9.17) is 4.74 Å². The van der Waals surface area contributed by atoms with Gasteiger partial charge in [-0.15, -0.1) is 0 Å². The van der Waals surface area contributed by atoms with Gasteiger partial charge in [-0.05, 0) is 23.3 Å². The van der Waals surface area contributed by atoms with Crippen LogP contribution < -0.4 is 0 Å². The van der Waals surface area contributed by atoms with Crippen LogP contribution in [0.25, 0.3) is 0 Å². The third kappa shape index (κ3) is 3.73. The van der Waals surface area contributed by atoms with Crippen molar-refractivity contribution in [1.29, 1.82) is 0 Å². The molecule has 3 nitrogen and oxygen atoms in total. The highest BCUT2D eigenvalue weighted by Crippen LogP contribution is 2.23. The van der Waals surface area contributed by atoms with Gasteiger partial charge in [-0.25, -0.2) is 0 Å². The monoisotopic (exact) mass is 351 g/mol. The van der Waals surface area contributed by atoms with Crippen LogP contribution >= 0.6 is 15.9 Å². The van der Waals surface area contributed by atoms with Crippen molar-refractivity contribution in [2.75, 3.05) is 18.4 Å². The molecule has 0 radical (unpaired) electrons. The van der Waals surface area contributed by atoms with E-state index in [-0.39, 0.29) is 12.1 Å². The minimum absolute atomic E-state index is 0.00588. The molecule has 0 atom stereocenters.